The SMILES string of the molecule is Cc1cc[n+](C)c(-c2ccccc2C)c1.Cc1ccccc1-c1c(C)ccc[n+]1C.[2H]C([2H])([2H])c1c[n+](C)c(-c2ccccc2C)cc1C.[2H]C([2H])([2H])c1cc(C)c(-c2ccccc2C)[n+](C)c1.[2H]C([2H])([2H])c1cccc(-c2ccccc2C)[n+]1C. The Morgan fingerprint density at radius 2 is 0.753 bits per heavy atom. The number of aryl methyl sites for hydroxylation is 16. The number of aromatic nitrogens is 5. The molecule has 5 aromatic carbocycles. The molecule has 0 aliphatic rings. The molecule has 0 bridgehead atoms. The lowest BCUT2D eigenvalue weighted by Gasteiger charge is -2.07. The van der Waals surface area contributed by atoms with Crippen molar-refractivity contribution < 1.29 is 35.2 Å². The minimum Gasteiger partial charge on any atom is -0.201 e. The Kier molecular flexibility index (Phi) is 16.2. The van der Waals surface area contributed by atoms with E-state index in [1.54, 1.807) is 42.2 Å². The average Bonchev–Trinajstić information content (AvgIpc) is 1.19. The van der Waals surface area contributed by atoms with Gasteiger partial charge in [0.1, 0.15) is 35.2 Å². The van der Waals surface area contributed by atoms with Gasteiger partial charge in [0.05, 0.1) is 0 Å². The molecule has 0 N–H and O–H groups in total. The van der Waals surface area contributed by atoms with Crippen LogP contribution in [0.15, 0.2) is 201 Å². The summed E-state index contributed by atoms with van der Waals surface area (Å²) in [5.74, 6) is 0. The molecule has 392 valence electrons. The van der Waals surface area contributed by atoms with E-state index in [1.807, 2.05) is 105 Å². The summed E-state index contributed by atoms with van der Waals surface area (Å²) in [6, 6.07) is 58.9. The smallest absolute Gasteiger partial charge is 0.201 e. The molecule has 0 unspecified atom stereocenters. The minimum atomic E-state index is -2.09. The van der Waals surface area contributed by atoms with Gasteiger partial charge >= 0.3 is 0 Å². The molecule has 0 amide bonds. The Morgan fingerprint density at radius 1 is 0.286 bits per heavy atom. The van der Waals surface area contributed by atoms with Crippen molar-refractivity contribution in [2.45, 2.75) is 82.9 Å². The standard InChI is InChI=1S/2C15H18N.3C14H16N/c1-11-9-13(3)15(16(4)10-11)14-8-6-5-7-12(14)2;1-11-7-5-6-8-14(11)15-9-12(2)13(3)10-16(15)4;1-11-7-4-5-9-13(11)14-12(2)8-6-10-15(14)3;1-11-7-4-5-9-13(11)14-10-6-8-12(2)15(14)3;1-11-8-9-15(3)14(10-11)13-7-5-4-6-12(13)2/h2*5-10H,1-4H3;3*4-10H,1-3H3/q5*+1/i1D3;3D3;;2D3;. The largest absolute Gasteiger partial charge is 0.215 e. The topological polar surface area (TPSA) is 19.4 Å². The highest BCUT2D eigenvalue weighted by Gasteiger charge is 2.18. The fourth-order valence-electron chi connectivity index (χ4n) is 9.52. The highest BCUT2D eigenvalue weighted by molar-refractivity contribution is 5.66. The van der Waals surface area contributed by atoms with Crippen molar-refractivity contribution in [3.8, 4) is 56.3 Å². The zero-order chi connectivity index (χ0) is 63.4. The summed E-state index contributed by atoms with van der Waals surface area (Å²) < 4.78 is 77.6. The maximum absolute atomic E-state index is 7.55. The molecule has 77 heavy (non-hydrogen) atoms. The summed E-state index contributed by atoms with van der Waals surface area (Å²) in [5, 5.41) is 0. The van der Waals surface area contributed by atoms with Gasteiger partial charge < -0.3 is 0 Å². The number of pyridine rings is 5. The number of nitrogens with zero attached hydrogens (tertiary/aromatic N) is 5. The van der Waals surface area contributed by atoms with Crippen molar-refractivity contribution in [1.29, 1.82) is 0 Å². The van der Waals surface area contributed by atoms with E-state index in [0.29, 0.717) is 16.8 Å². The van der Waals surface area contributed by atoms with Gasteiger partial charge in [-0.25, -0.2) is 18.3 Å². The third-order valence-corrected chi connectivity index (χ3v) is 13.9. The summed E-state index contributed by atoms with van der Waals surface area (Å²) >= 11 is 0. The van der Waals surface area contributed by atoms with Crippen molar-refractivity contribution in [2.75, 3.05) is 0 Å². The molecule has 5 heterocycles. The summed E-state index contributed by atoms with van der Waals surface area (Å²) in [7, 11) is 9.75. The monoisotopic (exact) mass is 1030 g/mol. The summed E-state index contributed by atoms with van der Waals surface area (Å²) in [6.07, 6.45) is 7.61. The van der Waals surface area contributed by atoms with Crippen LogP contribution in [0.1, 0.15) is 79.2 Å². The summed E-state index contributed by atoms with van der Waals surface area (Å²) in [4.78, 5) is 0. The molecule has 5 heteroatoms. The van der Waals surface area contributed by atoms with Gasteiger partial charge in [-0.1, -0.05) is 91.0 Å². The second-order valence-corrected chi connectivity index (χ2v) is 20.0. The third-order valence-electron chi connectivity index (χ3n) is 13.9. The van der Waals surface area contributed by atoms with Crippen molar-refractivity contribution in [3.05, 3.63) is 268 Å². The van der Waals surface area contributed by atoms with Crippen LogP contribution in [0.25, 0.3) is 56.3 Å². The van der Waals surface area contributed by atoms with Gasteiger partial charge in [0, 0.05) is 106 Å². The molecular formula is C72H84N5+5. The zero-order valence-electron chi connectivity index (χ0n) is 56.8. The molecule has 5 nitrogen and oxygen atoms in total. The Morgan fingerprint density at radius 3 is 1.22 bits per heavy atom. The minimum absolute atomic E-state index is 0.350. The van der Waals surface area contributed by atoms with E-state index >= 15 is 0 Å². The second kappa shape index (κ2) is 27.1. The van der Waals surface area contributed by atoms with E-state index < -0.39 is 20.6 Å². The number of hydrogen-bond donors (Lipinski definition) is 0. The molecule has 0 saturated carbocycles. The first-order chi connectivity index (χ1) is 40.4. The molecule has 0 saturated heterocycles. The Labute approximate surface area is 475 Å². The molecule has 0 radical (unpaired) electrons. The van der Waals surface area contributed by atoms with Crippen LogP contribution in [0.2, 0.25) is 0 Å². The van der Waals surface area contributed by atoms with Crippen molar-refractivity contribution >= 4 is 0 Å². The van der Waals surface area contributed by atoms with Crippen LogP contribution in [0.5, 0.6) is 0 Å². The number of hydrogen-bond acceptors (Lipinski definition) is 0. The van der Waals surface area contributed by atoms with E-state index in [2.05, 4.69) is 174 Å². The lowest BCUT2D eigenvalue weighted by atomic mass is 10.0. The molecular weight excluding hydrogens is 935 g/mol. The average molecular weight is 1030 g/mol. The Bertz CT molecular complexity index is 3930. The lowest BCUT2D eigenvalue weighted by molar-refractivity contribution is -0.666. The van der Waals surface area contributed by atoms with Crippen molar-refractivity contribution in [3.63, 3.8) is 0 Å². The molecule has 0 spiro atoms. The van der Waals surface area contributed by atoms with Gasteiger partial charge in [0.25, 0.3) is 0 Å². The number of rotatable bonds is 5. The van der Waals surface area contributed by atoms with E-state index in [4.69, 9.17) is 12.3 Å². The van der Waals surface area contributed by atoms with Gasteiger partial charge in [-0.3, -0.25) is 0 Å². The Hall–Kier alpha value is -8.15. The molecule has 0 aliphatic carbocycles. The van der Waals surface area contributed by atoms with Crippen LogP contribution in [0.4, 0.5) is 0 Å². The van der Waals surface area contributed by atoms with Gasteiger partial charge in [-0.05, 0) is 163 Å². The third kappa shape index (κ3) is 15.0. The Balaban J connectivity index is 0.000000173. The summed E-state index contributed by atoms with van der Waals surface area (Å²) in [6.45, 7) is 12.3. The van der Waals surface area contributed by atoms with Gasteiger partial charge in [-0.2, -0.15) is 4.57 Å². The van der Waals surface area contributed by atoms with E-state index in [0.717, 1.165) is 50.5 Å². The predicted octanol–water partition coefficient (Wildman–Crippen LogP) is 14.6. The van der Waals surface area contributed by atoms with Crippen molar-refractivity contribution in [1.82, 2.24) is 0 Å². The lowest BCUT2D eigenvalue weighted by Crippen LogP contribution is -2.34. The van der Waals surface area contributed by atoms with Crippen LogP contribution >= 0.6 is 0 Å². The van der Waals surface area contributed by atoms with Crippen LogP contribution < -0.4 is 22.8 Å². The maximum Gasteiger partial charge on any atom is 0.215 e. The summed E-state index contributed by atoms with van der Waals surface area (Å²) in [5.41, 5.74) is 23.2. The van der Waals surface area contributed by atoms with E-state index in [1.165, 1.54) is 55.9 Å². The fraction of sp³-hybridized carbons (Fsp3) is 0.236. The molecule has 0 fully saturated rings. The first-order valence-corrected chi connectivity index (χ1v) is 26.1. The van der Waals surface area contributed by atoms with E-state index in [9.17, 15) is 0 Å². The predicted molar refractivity (Wildman–Crippen MR) is 322 cm³/mol. The molecule has 5 aromatic heterocycles. The second-order valence-electron chi connectivity index (χ2n) is 20.0. The van der Waals surface area contributed by atoms with Gasteiger partial charge in [0.15, 0.2) is 30.5 Å². The van der Waals surface area contributed by atoms with Crippen LogP contribution in [-0.4, -0.2) is 0 Å². The maximum atomic E-state index is 7.55. The van der Waals surface area contributed by atoms with Gasteiger partial charge in [-0.15, -0.1) is 0 Å². The van der Waals surface area contributed by atoms with Crippen LogP contribution in [0.3, 0.4) is 0 Å². The van der Waals surface area contributed by atoms with Gasteiger partial charge in [0.2, 0.25) is 28.5 Å². The van der Waals surface area contributed by atoms with Crippen molar-refractivity contribution in [2.24, 2.45) is 35.2 Å². The molecule has 10 rings (SSSR count). The molecule has 10 aromatic rings. The first-order valence-electron chi connectivity index (χ1n) is 30.6. The highest BCUT2D eigenvalue weighted by atomic mass is 14.9. The van der Waals surface area contributed by atoms with Crippen LogP contribution in [0, 0.1) is 82.9 Å². The highest BCUT2D eigenvalue weighted by Crippen LogP contribution is 2.26. The quantitative estimate of drug-likeness (QED) is 0.153. The fourth-order valence-corrected chi connectivity index (χ4v) is 9.52. The van der Waals surface area contributed by atoms with E-state index in [-0.39, 0.29) is 0 Å². The normalized spacial score (nSPS) is 12.6. The zero-order valence-corrected chi connectivity index (χ0v) is 47.8. The first kappa shape index (κ1) is 46.2. The van der Waals surface area contributed by atoms with Crippen LogP contribution in [-0.2, 0) is 35.2 Å². The molecule has 0 aliphatic heterocycles. The number of benzene rings is 5. The molecule has 0 atom stereocenters.